The zero-order valence-corrected chi connectivity index (χ0v) is 16.0. The average molecular weight is 368 g/mol. The van der Waals surface area contributed by atoms with Crippen LogP contribution in [0.3, 0.4) is 0 Å². The van der Waals surface area contributed by atoms with E-state index in [1.54, 1.807) is 6.33 Å². The summed E-state index contributed by atoms with van der Waals surface area (Å²) in [7, 11) is 0. The van der Waals surface area contributed by atoms with Crippen molar-refractivity contribution in [3.8, 4) is 5.75 Å². The van der Waals surface area contributed by atoms with Crippen molar-refractivity contribution in [1.82, 2.24) is 19.8 Å². The van der Waals surface area contributed by atoms with Gasteiger partial charge < -0.3 is 9.47 Å². The van der Waals surface area contributed by atoms with Crippen molar-refractivity contribution in [1.29, 1.82) is 0 Å². The second-order valence-electron chi connectivity index (χ2n) is 7.47. The first-order chi connectivity index (χ1) is 13.3. The highest BCUT2D eigenvalue weighted by molar-refractivity contribution is 5.33. The third kappa shape index (κ3) is 4.64. The van der Waals surface area contributed by atoms with Gasteiger partial charge in [0.15, 0.2) is 0 Å². The Labute approximate surface area is 161 Å². The lowest BCUT2D eigenvalue weighted by atomic mass is 10.1. The lowest BCUT2D eigenvalue weighted by molar-refractivity contribution is 0.0467. The predicted molar refractivity (Wildman–Crippen MR) is 103 cm³/mol. The molecule has 2 saturated heterocycles. The number of aromatic nitrogens is 2. The van der Waals surface area contributed by atoms with E-state index in [0.717, 1.165) is 51.7 Å². The lowest BCUT2D eigenvalue weighted by Crippen LogP contribution is -2.43. The molecule has 144 valence electrons. The second kappa shape index (κ2) is 8.78. The molecule has 0 saturated carbocycles. The number of nitrogens with zero attached hydrogens (tertiary/aromatic N) is 4. The number of hydrogen-bond donors (Lipinski definition) is 0. The first-order valence-electron chi connectivity index (χ1n) is 9.80. The third-order valence-electron chi connectivity index (χ3n) is 5.32. The van der Waals surface area contributed by atoms with E-state index in [1.807, 2.05) is 25.4 Å². The molecular formula is C21H28N4O2. The minimum Gasteiger partial charge on any atom is -0.494 e. The van der Waals surface area contributed by atoms with Crippen LogP contribution in [0.4, 0.5) is 0 Å². The van der Waals surface area contributed by atoms with Gasteiger partial charge in [-0.25, -0.2) is 9.97 Å². The zero-order chi connectivity index (χ0) is 18.5. The highest BCUT2D eigenvalue weighted by Gasteiger charge is 2.33. The van der Waals surface area contributed by atoms with Crippen molar-refractivity contribution in [3.05, 3.63) is 54.1 Å². The van der Waals surface area contributed by atoms with Crippen molar-refractivity contribution in [3.63, 3.8) is 0 Å². The first-order valence-corrected chi connectivity index (χ1v) is 9.80. The fourth-order valence-corrected chi connectivity index (χ4v) is 4.17. The molecule has 1 aromatic heterocycles. The Morgan fingerprint density at radius 1 is 1.07 bits per heavy atom. The molecule has 0 N–H and O–H groups in total. The fourth-order valence-electron chi connectivity index (χ4n) is 4.17. The van der Waals surface area contributed by atoms with Crippen molar-refractivity contribution >= 4 is 0 Å². The molecule has 6 heteroatoms. The van der Waals surface area contributed by atoms with Crippen LogP contribution in [0.2, 0.25) is 0 Å². The average Bonchev–Trinajstić information content (AvgIpc) is 2.94. The molecule has 6 nitrogen and oxygen atoms in total. The minimum atomic E-state index is 0.386. The monoisotopic (exact) mass is 368 g/mol. The molecular weight excluding hydrogens is 340 g/mol. The molecule has 1 aromatic carbocycles. The molecule has 0 amide bonds. The molecule has 2 aliphatic rings. The maximum Gasteiger partial charge on any atom is 0.123 e. The Hall–Kier alpha value is -2.02. The van der Waals surface area contributed by atoms with E-state index in [2.05, 4.69) is 38.0 Å². The van der Waals surface area contributed by atoms with Crippen molar-refractivity contribution in [2.24, 2.45) is 5.92 Å². The van der Waals surface area contributed by atoms with Crippen LogP contribution in [0.15, 0.2) is 43.0 Å². The molecule has 3 heterocycles. The van der Waals surface area contributed by atoms with Crippen LogP contribution in [0.5, 0.6) is 5.75 Å². The predicted octanol–water partition coefficient (Wildman–Crippen LogP) is 2.21. The molecule has 2 aromatic rings. The van der Waals surface area contributed by atoms with Gasteiger partial charge in [-0.15, -0.1) is 0 Å². The van der Waals surface area contributed by atoms with E-state index < -0.39 is 0 Å². The molecule has 0 aliphatic carbocycles. The Morgan fingerprint density at radius 3 is 2.78 bits per heavy atom. The Balaban J connectivity index is 1.48. The minimum absolute atomic E-state index is 0.386. The van der Waals surface area contributed by atoms with Crippen LogP contribution in [-0.4, -0.2) is 65.3 Å². The highest BCUT2D eigenvalue weighted by Crippen LogP contribution is 2.25. The normalized spacial score (nSPS) is 23.7. The number of hydrogen-bond acceptors (Lipinski definition) is 6. The van der Waals surface area contributed by atoms with E-state index in [4.69, 9.17) is 9.47 Å². The molecule has 2 atom stereocenters. The van der Waals surface area contributed by atoms with Crippen LogP contribution in [0.25, 0.3) is 0 Å². The summed E-state index contributed by atoms with van der Waals surface area (Å²) in [5.74, 6) is 1.52. The summed E-state index contributed by atoms with van der Waals surface area (Å²) < 4.78 is 11.8. The quantitative estimate of drug-likeness (QED) is 0.779. The van der Waals surface area contributed by atoms with Gasteiger partial charge in [0.25, 0.3) is 0 Å². The largest absolute Gasteiger partial charge is 0.494 e. The van der Waals surface area contributed by atoms with Gasteiger partial charge in [0.2, 0.25) is 0 Å². The Kier molecular flexibility index (Phi) is 5.97. The van der Waals surface area contributed by atoms with Gasteiger partial charge in [-0.2, -0.15) is 0 Å². The van der Waals surface area contributed by atoms with Gasteiger partial charge in [0.05, 0.1) is 19.8 Å². The number of ether oxygens (including phenoxy) is 2. The van der Waals surface area contributed by atoms with E-state index in [0.29, 0.717) is 18.6 Å². The molecule has 0 unspecified atom stereocenters. The van der Waals surface area contributed by atoms with Gasteiger partial charge in [0, 0.05) is 68.2 Å². The topological polar surface area (TPSA) is 50.7 Å². The number of benzene rings is 1. The molecule has 2 bridgehead atoms. The maximum absolute atomic E-state index is 5.97. The maximum atomic E-state index is 5.97. The van der Waals surface area contributed by atoms with E-state index in [9.17, 15) is 0 Å². The highest BCUT2D eigenvalue weighted by atomic mass is 16.5. The summed E-state index contributed by atoms with van der Waals surface area (Å²) in [5, 5.41) is 0. The van der Waals surface area contributed by atoms with Gasteiger partial charge >= 0.3 is 0 Å². The number of rotatable bonds is 6. The van der Waals surface area contributed by atoms with Gasteiger partial charge in [-0.3, -0.25) is 9.80 Å². The van der Waals surface area contributed by atoms with E-state index in [-0.39, 0.29) is 0 Å². The fraction of sp³-hybridized carbons (Fsp3) is 0.524. The summed E-state index contributed by atoms with van der Waals surface area (Å²) in [5.41, 5.74) is 2.43. The number of fused-ring (bicyclic) bond motifs is 3. The number of para-hydroxylation sites is 1. The van der Waals surface area contributed by atoms with Gasteiger partial charge in [-0.1, -0.05) is 18.2 Å². The van der Waals surface area contributed by atoms with Crippen LogP contribution < -0.4 is 4.74 Å². The van der Waals surface area contributed by atoms with Crippen LogP contribution in [0, 0.1) is 5.92 Å². The van der Waals surface area contributed by atoms with Gasteiger partial charge in [-0.05, 0) is 13.0 Å². The van der Waals surface area contributed by atoms with Crippen molar-refractivity contribution in [2.45, 2.75) is 26.1 Å². The van der Waals surface area contributed by atoms with Crippen molar-refractivity contribution < 1.29 is 9.47 Å². The standard InChI is InChI=1S/C21H28N4O2/c1-2-27-21-6-4-3-5-19(21)12-24-9-18-11-25(20(13-24)15-26-14-18)10-17-7-22-16-23-8-17/h3-8,16,18,20H,2,9-15H2,1H3/t18-,20-/m0/s1. The molecule has 27 heavy (non-hydrogen) atoms. The lowest BCUT2D eigenvalue weighted by Gasteiger charge is -2.31. The summed E-state index contributed by atoms with van der Waals surface area (Å²) >= 11 is 0. The second-order valence-corrected chi connectivity index (χ2v) is 7.47. The van der Waals surface area contributed by atoms with Crippen LogP contribution in [-0.2, 0) is 17.8 Å². The summed E-state index contributed by atoms with van der Waals surface area (Å²) in [6, 6.07) is 8.78. The van der Waals surface area contributed by atoms with Gasteiger partial charge in [0.1, 0.15) is 12.1 Å². The first kappa shape index (κ1) is 18.3. The smallest absolute Gasteiger partial charge is 0.123 e. The molecule has 0 radical (unpaired) electrons. The summed E-state index contributed by atoms with van der Waals surface area (Å²) in [6.45, 7) is 9.28. The molecule has 2 fully saturated rings. The van der Waals surface area contributed by atoms with Crippen molar-refractivity contribution in [2.75, 3.05) is 39.5 Å². The summed E-state index contributed by atoms with van der Waals surface area (Å²) in [6.07, 6.45) is 5.42. The summed E-state index contributed by atoms with van der Waals surface area (Å²) in [4.78, 5) is 13.4. The Morgan fingerprint density at radius 2 is 1.93 bits per heavy atom. The van der Waals surface area contributed by atoms with E-state index >= 15 is 0 Å². The zero-order valence-electron chi connectivity index (χ0n) is 16.0. The SMILES string of the molecule is CCOc1ccccc1CN1C[C@@H]2COC[C@H](C1)N(Cc1cncnc1)C2. The molecule has 2 aliphatic heterocycles. The van der Waals surface area contributed by atoms with E-state index in [1.165, 1.54) is 11.1 Å². The van der Waals surface area contributed by atoms with Crippen LogP contribution in [0.1, 0.15) is 18.1 Å². The Bertz CT molecular complexity index is 727. The third-order valence-corrected chi connectivity index (χ3v) is 5.32. The molecule has 0 spiro atoms. The van der Waals surface area contributed by atoms with Crippen LogP contribution >= 0.6 is 0 Å². The molecule has 4 rings (SSSR count).